The van der Waals surface area contributed by atoms with Gasteiger partial charge in [-0.1, -0.05) is 30.8 Å². The molecule has 0 radical (unpaired) electrons. The van der Waals surface area contributed by atoms with Gasteiger partial charge in [-0.25, -0.2) is 0 Å². The SMILES string of the molecule is CCSc1ccc(C=NN=C2NC(=O)C(CC(=O)O)S2)cc1. The first-order valence-corrected chi connectivity index (χ1v) is 8.48. The summed E-state index contributed by atoms with van der Waals surface area (Å²) in [5.41, 5.74) is 0.904. The number of hydrogen-bond acceptors (Lipinski definition) is 6. The standard InChI is InChI=1S/C14H15N3O3S2/c1-2-21-10-5-3-9(4-6-10)8-15-17-14-16-13(20)11(22-14)7-12(18)19/h3-6,8,11H,2,7H2,1H3,(H,18,19)(H,16,17,20). The fraction of sp³-hybridized carbons (Fsp3) is 0.286. The van der Waals surface area contributed by atoms with Crippen LogP contribution in [-0.2, 0) is 9.59 Å². The van der Waals surface area contributed by atoms with E-state index in [0.29, 0.717) is 5.17 Å². The number of thioether (sulfide) groups is 2. The van der Waals surface area contributed by atoms with Gasteiger partial charge in [-0.15, -0.1) is 16.9 Å². The molecule has 1 amide bonds. The number of rotatable bonds is 6. The summed E-state index contributed by atoms with van der Waals surface area (Å²) >= 11 is 2.85. The van der Waals surface area contributed by atoms with E-state index >= 15 is 0 Å². The fourth-order valence-electron chi connectivity index (χ4n) is 1.71. The third-order valence-corrected chi connectivity index (χ3v) is 4.65. The van der Waals surface area contributed by atoms with E-state index in [4.69, 9.17) is 5.11 Å². The molecule has 0 bridgehead atoms. The van der Waals surface area contributed by atoms with Gasteiger partial charge in [0.05, 0.1) is 12.6 Å². The van der Waals surface area contributed by atoms with Crippen LogP contribution < -0.4 is 5.32 Å². The number of amidine groups is 1. The van der Waals surface area contributed by atoms with Crippen molar-refractivity contribution in [2.45, 2.75) is 23.5 Å². The van der Waals surface area contributed by atoms with Crippen LogP contribution in [0.1, 0.15) is 18.9 Å². The first-order valence-electron chi connectivity index (χ1n) is 6.61. The molecule has 22 heavy (non-hydrogen) atoms. The number of carbonyl (C=O) groups excluding carboxylic acids is 1. The van der Waals surface area contributed by atoms with Crippen LogP contribution in [0, 0.1) is 0 Å². The number of aliphatic carboxylic acids is 1. The van der Waals surface area contributed by atoms with E-state index in [0.717, 1.165) is 23.1 Å². The monoisotopic (exact) mass is 337 g/mol. The molecular weight excluding hydrogens is 322 g/mol. The van der Waals surface area contributed by atoms with E-state index in [-0.39, 0.29) is 12.3 Å². The van der Waals surface area contributed by atoms with Gasteiger partial charge in [-0.05, 0) is 23.4 Å². The van der Waals surface area contributed by atoms with Crippen LogP contribution in [0.3, 0.4) is 0 Å². The van der Waals surface area contributed by atoms with Crippen LogP contribution in [0.5, 0.6) is 0 Å². The number of nitrogens with zero attached hydrogens (tertiary/aromatic N) is 2. The van der Waals surface area contributed by atoms with E-state index in [2.05, 4.69) is 22.4 Å². The van der Waals surface area contributed by atoms with Gasteiger partial charge in [0.1, 0.15) is 5.25 Å². The first-order chi connectivity index (χ1) is 10.6. The van der Waals surface area contributed by atoms with E-state index in [1.54, 1.807) is 18.0 Å². The smallest absolute Gasteiger partial charge is 0.305 e. The molecule has 116 valence electrons. The Hall–Kier alpha value is -1.80. The van der Waals surface area contributed by atoms with Crippen LogP contribution in [0.25, 0.3) is 0 Å². The van der Waals surface area contributed by atoms with Crippen molar-refractivity contribution < 1.29 is 14.7 Å². The first kappa shape index (κ1) is 16.6. The largest absolute Gasteiger partial charge is 0.481 e. The molecule has 0 saturated carbocycles. The molecule has 1 aliphatic heterocycles. The number of hydrogen-bond donors (Lipinski definition) is 2. The van der Waals surface area contributed by atoms with Crippen LogP contribution in [0.15, 0.2) is 39.4 Å². The molecule has 1 aromatic rings. The van der Waals surface area contributed by atoms with Crippen molar-refractivity contribution in [2.24, 2.45) is 10.2 Å². The van der Waals surface area contributed by atoms with Gasteiger partial charge in [0.25, 0.3) is 0 Å². The zero-order valence-electron chi connectivity index (χ0n) is 11.9. The molecule has 0 spiro atoms. The zero-order chi connectivity index (χ0) is 15.9. The summed E-state index contributed by atoms with van der Waals surface area (Å²) in [6, 6.07) is 7.90. The number of carboxylic acids is 1. The molecule has 0 aromatic heterocycles. The lowest BCUT2D eigenvalue weighted by atomic mass is 10.2. The second-order valence-corrected chi connectivity index (χ2v) is 6.87. The van der Waals surface area contributed by atoms with Gasteiger partial charge in [0.2, 0.25) is 5.91 Å². The molecule has 1 fully saturated rings. The molecule has 1 saturated heterocycles. The summed E-state index contributed by atoms with van der Waals surface area (Å²) in [5, 5.41) is 18.7. The lowest BCUT2D eigenvalue weighted by Gasteiger charge is -1.98. The second kappa shape index (κ2) is 8.00. The van der Waals surface area contributed by atoms with Gasteiger partial charge in [-0.3, -0.25) is 9.59 Å². The Bertz CT molecular complexity index is 614. The number of nitrogens with one attached hydrogen (secondary N) is 1. The number of carbonyl (C=O) groups is 2. The molecule has 2 N–H and O–H groups in total. The van der Waals surface area contributed by atoms with Gasteiger partial charge < -0.3 is 10.4 Å². The summed E-state index contributed by atoms with van der Waals surface area (Å²) < 4.78 is 0. The average molecular weight is 337 g/mol. The maximum absolute atomic E-state index is 11.5. The van der Waals surface area contributed by atoms with E-state index in [1.165, 1.54) is 4.90 Å². The van der Waals surface area contributed by atoms with Crippen LogP contribution in [0.4, 0.5) is 0 Å². The fourth-order valence-corrected chi connectivity index (χ4v) is 3.29. The van der Waals surface area contributed by atoms with Crippen molar-refractivity contribution in [3.05, 3.63) is 29.8 Å². The van der Waals surface area contributed by atoms with Gasteiger partial charge in [0, 0.05) is 4.90 Å². The Labute approximate surface area is 136 Å². The normalized spacial score (nSPS) is 19.8. The maximum Gasteiger partial charge on any atom is 0.305 e. The molecular formula is C14H15N3O3S2. The highest BCUT2D eigenvalue weighted by atomic mass is 32.2. The van der Waals surface area contributed by atoms with E-state index in [9.17, 15) is 9.59 Å². The molecule has 2 rings (SSSR count). The summed E-state index contributed by atoms with van der Waals surface area (Å²) in [6.07, 6.45) is 1.36. The van der Waals surface area contributed by atoms with Crippen LogP contribution in [-0.4, -0.2) is 39.4 Å². The van der Waals surface area contributed by atoms with E-state index in [1.807, 2.05) is 24.3 Å². The van der Waals surface area contributed by atoms with Crippen molar-refractivity contribution in [2.75, 3.05) is 5.75 Å². The topological polar surface area (TPSA) is 91.1 Å². The minimum Gasteiger partial charge on any atom is -0.481 e. The van der Waals surface area contributed by atoms with Crippen molar-refractivity contribution in [1.82, 2.24) is 5.32 Å². The number of carboxylic acid groups (broad SMARTS) is 1. The van der Waals surface area contributed by atoms with Crippen molar-refractivity contribution in [3.8, 4) is 0 Å². The highest BCUT2D eigenvalue weighted by molar-refractivity contribution is 8.15. The molecule has 1 aromatic carbocycles. The Morgan fingerprint density at radius 3 is 2.82 bits per heavy atom. The Kier molecular flexibility index (Phi) is 6.02. The Morgan fingerprint density at radius 1 is 1.45 bits per heavy atom. The van der Waals surface area contributed by atoms with Crippen molar-refractivity contribution >= 4 is 46.8 Å². The molecule has 1 aliphatic rings. The highest BCUT2D eigenvalue weighted by Gasteiger charge is 2.32. The van der Waals surface area contributed by atoms with Crippen LogP contribution >= 0.6 is 23.5 Å². The van der Waals surface area contributed by atoms with E-state index < -0.39 is 11.2 Å². The Balaban J connectivity index is 1.94. The predicted molar refractivity (Wildman–Crippen MR) is 89.6 cm³/mol. The molecule has 1 heterocycles. The minimum atomic E-state index is -1.01. The third kappa shape index (κ3) is 4.88. The molecule has 0 aliphatic carbocycles. The lowest BCUT2D eigenvalue weighted by Crippen LogP contribution is -2.26. The quantitative estimate of drug-likeness (QED) is 0.472. The maximum atomic E-state index is 11.5. The van der Waals surface area contributed by atoms with Gasteiger partial charge in [-0.2, -0.15) is 5.10 Å². The number of amides is 1. The second-order valence-electron chi connectivity index (χ2n) is 4.35. The van der Waals surface area contributed by atoms with Crippen molar-refractivity contribution in [3.63, 3.8) is 0 Å². The predicted octanol–water partition coefficient (Wildman–Crippen LogP) is 2.19. The average Bonchev–Trinajstić information content (AvgIpc) is 2.81. The van der Waals surface area contributed by atoms with Gasteiger partial charge >= 0.3 is 5.97 Å². The summed E-state index contributed by atoms with van der Waals surface area (Å²) in [6.45, 7) is 2.10. The minimum absolute atomic E-state index is 0.226. The zero-order valence-corrected chi connectivity index (χ0v) is 13.5. The highest BCUT2D eigenvalue weighted by Crippen LogP contribution is 2.22. The lowest BCUT2D eigenvalue weighted by molar-refractivity contribution is -0.138. The third-order valence-electron chi connectivity index (χ3n) is 2.68. The van der Waals surface area contributed by atoms with Crippen LogP contribution in [0.2, 0.25) is 0 Å². The summed E-state index contributed by atoms with van der Waals surface area (Å²) in [5.74, 6) is -0.333. The summed E-state index contributed by atoms with van der Waals surface area (Å²) in [7, 11) is 0. The summed E-state index contributed by atoms with van der Waals surface area (Å²) in [4.78, 5) is 23.3. The Morgan fingerprint density at radius 2 is 2.18 bits per heavy atom. The molecule has 6 nitrogen and oxygen atoms in total. The van der Waals surface area contributed by atoms with Crippen molar-refractivity contribution in [1.29, 1.82) is 0 Å². The molecule has 8 heteroatoms. The molecule has 1 atom stereocenters. The number of benzene rings is 1. The molecule has 1 unspecified atom stereocenters. The van der Waals surface area contributed by atoms with Gasteiger partial charge in [0.15, 0.2) is 5.17 Å².